The summed E-state index contributed by atoms with van der Waals surface area (Å²) in [7, 11) is 1.79. The van der Waals surface area contributed by atoms with E-state index in [1.165, 1.54) is 0 Å². The fraction of sp³-hybridized carbons (Fsp3) is 0.692. The maximum absolute atomic E-state index is 10.2. The van der Waals surface area contributed by atoms with Gasteiger partial charge in [0.15, 0.2) is 0 Å². The van der Waals surface area contributed by atoms with Gasteiger partial charge >= 0.3 is 0 Å². The topological polar surface area (TPSA) is 73.9 Å². The van der Waals surface area contributed by atoms with Crippen molar-refractivity contribution >= 4 is 5.82 Å². The van der Waals surface area contributed by atoms with Crippen LogP contribution in [0.1, 0.15) is 38.4 Å². The molecule has 5 heteroatoms. The number of hydrogen-bond donors (Lipinski definition) is 2. The second kappa shape index (κ2) is 5.40. The van der Waals surface area contributed by atoms with E-state index in [9.17, 15) is 5.11 Å². The number of aromatic nitrogens is 2. The molecule has 0 spiro atoms. The zero-order chi connectivity index (χ0) is 13.9. The van der Waals surface area contributed by atoms with Crippen molar-refractivity contribution in [1.29, 1.82) is 5.26 Å². The van der Waals surface area contributed by atoms with Gasteiger partial charge in [0.25, 0.3) is 0 Å². The Balaban J connectivity index is 2.78. The molecule has 0 aliphatic rings. The summed E-state index contributed by atoms with van der Waals surface area (Å²) < 4.78 is 1.64. The molecule has 100 valence electrons. The Morgan fingerprint density at radius 2 is 2.17 bits per heavy atom. The number of anilines is 1. The molecular formula is C13H22N4O. The second-order valence-corrected chi connectivity index (χ2v) is 5.49. The van der Waals surface area contributed by atoms with Crippen LogP contribution in [0.5, 0.6) is 0 Å². The van der Waals surface area contributed by atoms with Crippen LogP contribution < -0.4 is 5.32 Å². The molecule has 18 heavy (non-hydrogen) atoms. The van der Waals surface area contributed by atoms with Crippen molar-refractivity contribution in [2.24, 2.45) is 13.0 Å². The summed E-state index contributed by atoms with van der Waals surface area (Å²) in [5, 5.41) is 26.6. The van der Waals surface area contributed by atoms with E-state index in [4.69, 9.17) is 5.26 Å². The third kappa shape index (κ3) is 3.47. The summed E-state index contributed by atoms with van der Waals surface area (Å²) in [5.74, 6) is 1.09. The number of nitriles is 1. The Bertz CT molecular complexity index is 454. The molecule has 0 saturated carbocycles. The summed E-state index contributed by atoms with van der Waals surface area (Å²) in [6, 6.07) is 2.13. The van der Waals surface area contributed by atoms with E-state index in [1.807, 2.05) is 0 Å². The van der Waals surface area contributed by atoms with Crippen molar-refractivity contribution in [2.75, 3.05) is 11.9 Å². The third-order valence-electron chi connectivity index (χ3n) is 2.82. The average molecular weight is 250 g/mol. The van der Waals surface area contributed by atoms with Crippen molar-refractivity contribution in [3.8, 4) is 6.07 Å². The number of aliphatic hydroxyl groups is 1. The van der Waals surface area contributed by atoms with Crippen molar-refractivity contribution in [1.82, 2.24) is 9.78 Å². The van der Waals surface area contributed by atoms with E-state index in [2.05, 4.69) is 30.3 Å². The molecule has 1 aromatic rings. The zero-order valence-electron chi connectivity index (χ0n) is 11.8. The maximum Gasteiger partial charge on any atom is 0.142 e. The summed E-state index contributed by atoms with van der Waals surface area (Å²) in [4.78, 5) is 0. The largest absolute Gasteiger partial charge is 0.388 e. The highest BCUT2D eigenvalue weighted by molar-refractivity contribution is 5.55. The molecule has 0 aromatic carbocycles. The van der Waals surface area contributed by atoms with E-state index < -0.39 is 5.60 Å². The highest BCUT2D eigenvalue weighted by Crippen LogP contribution is 2.21. The van der Waals surface area contributed by atoms with Crippen molar-refractivity contribution in [3.05, 3.63) is 11.3 Å². The minimum absolute atomic E-state index is 0.402. The molecule has 1 unspecified atom stereocenters. The molecule has 0 bridgehead atoms. The Morgan fingerprint density at radius 3 is 2.67 bits per heavy atom. The van der Waals surface area contributed by atoms with E-state index in [1.54, 1.807) is 25.6 Å². The van der Waals surface area contributed by atoms with Crippen molar-refractivity contribution < 1.29 is 5.11 Å². The normalized spacial score (nSPS) is 14.3. The van der Waals surface area contributed by atoms with Gasteiger partial charge < -0.3 is 10.4 Å². The number of rotatable bonds is 5. The van der Waals surface area contributed by atoms with Gasteiger partial charge in [-0.3, -0.25) is 4.68 Å². The lowest BCUT2D eigenvalue weighted by Gasteiger charge is -2.26. The average Bonchev–Trinajstić information content (AvgIpc) is 2.47. The van der Waals surface area contributed by atoms with Gasteiger partial charge in [0.1, 0.15) is 17.5 Å². The minimum Gasteiger partial charge on any atom is -0.388 e. The molecule has 0 radical (unpaired) electrons. The van der Waals surface area contributed by atoms with Crippen LogP contribution >= 0.6 is 0 Å². The Morgan fingerprint density at radius 1 is 1.56 bits per heavy atom. The quantitative estimate of drug-likeness (QED) is 0.835. The van der Waals surface area contributed by atoms with Crippen LogP contribution in [0.4, 0.5) is 5.82 Å². The zero-order valence-corrected chi connectivity index (χ0v) is 11.8. The first kappa shape index (κ1) is 14.5. The van der Waals surface area contributed by atoms with Crippen LogP contribution in [0.25, 0.3) is 0 Å². The van der Waals surface area contributed by atoms with E-state index in [-0.39, 0.29) is 0 Å². The van der Waals surface area contributed by atoms with E-state index in [0.29, 0.717) is 36.0 Å². The van der Waals surface area contributed by atoms with E-state index >= 15 is 0 Å². The van der Waals surface area contributed by atoms with E-state index in [0.717, 1.165) is 0 Å². The molecule has 0 saturated heterocycles. The van der Waals surface area contributed by atoms with Gasteiger partial charge in [-0.1, -0.05) is 13.8 Å². The molecule has 1 atom stereocenters. The first-order valence-corrected chi connectivity index (χ1v) is 6.17. The molecule has 0 aliphatic heterocycles. The molecule has 0 fully saturated rings. The summed E-state index contributed by atoms with van der Waals surface area (Å²) >= 11 is 0. The molecule has 1 rings (SSSR count). The van der Waals surface area contributed by atoms with Gasteiger partial charge in [-0.05, 0) is 26.2 Å². The lowest BCUT2D eigenvalue weighted by molar-refractivity contribution is 0.0514. The Labute approximate surface area is 108 Å². The van der Waals surface area contributed by atoms with Crippen LogP contribution in [0, 0.1) is 24.2 Å². The Kier molecular flexibility index (Phi) is 4.36. The number of nitrogens with one attached hydrogen (secondary N) is 1. The summed E-state index contributed by atoms with van der Waals surface area (Å²) in [6.07, 6.45) is 0.707. The van der Waals surface area contributed by atoms with Crippen molar-refractivity contribution in [2.45, 2.75) is 39.7 Å². The lowest BCUT2D eigenvalue weighted by Crippen LogP contribution is -2.35. The minimum atomic E-state index is -0.793. The maximum atomic E-state index is 10.2. The van der Waals surface area contributed by atoms with Crippen molar-refractivity contribution in [3.63, 3.8) is 0 Å². The Hall–Kier alpha value is -1.54. The highest BCUT2D eigenvalue weighted by Gasteiger charge is 2.23. The van der Waals surface area contributed by atoms with Crippen LogP contribution in [-0.2, 0) is 7.05 Å². The smallest absolute Gasteiger partial charge is 0.142 e. The number of aryl methyl sites for hydroxylation is 2. The molecule has 0 amide bonds. The molecule has 0 aliphatic carbocycles. The molecule has 5 nitrogen and oxygen atoms in total. The van der Waals surface area contributed by atoms with Crippen LogP contribution in [0.3, 0.4) is 0 Å². The first-order valence-electron chi connectivity index (χ1n) is 6.17. The summed E-state index contributed by atoms with van der Waals surface area (Å²) in [5.41, 5.74) is 0.447. The standard InChI is InChI=1S/C13H22N4O/c1-9(2)6-13(4,18)8-15-12-11(7-14)10(3)16-17(12)5/h9,15,18H,6,8H2,1-5H3. The van der Waals surface area contributed by atoms with Crippen LogP contribution in [-0.4, -0.2) is 27.0 Å². The molecule has 1 heterocycles. The number of hydrogen-bond acceptors (Lipinski definition) is 4. The monoisotopic (exact) mass is 250 g/mol. The number of nitrogens with zero attached hydrogens (tertiary/aromatic N) is 3. The van der Waals surface area contributed by atoms with Gasteiger partial charge in [0.05, 0.1) is 11.3 Å². The third-order valence-corrected chi connectivity index (χ3v) is 2.82. The fourth-order valence-electron chi connectivity index (χ4n) is 2.22. The predicted molar refractivity (Wildman–Crippen MR) is 71.2 cm³/mol. The second-order valence-electron chi connectivity index (χ2n) is 5.49. The van der Waals surface area contributed by atoms with Gasteiger partial charge in [0, 0.05) is 13.6 Å². The fourth-order valence-corrected chi connectivity index (χ4v) is 2.22. The molecule has 1 aromatic heterocycles. The summed E-state index contributed by atoms with van der Waals surface area (Å²) in [6.45, 7) is 8.15. The predicted octanol–water partition coefficient (Wildman–Crippen LogP) is 1.81. The SMILES string of the molecule is Cc1nn(C)c(NCC(C)(O)CC(C)C)c1C#N. The van der Waals surface area contributed by atoms with Crippen LogP contribution in [0.2, 0.25) is 0 Å². The molecular weight excluding hydrogens is 228 g/mol. The van der Waals surface area contributed by atoms with Gasteiger partial charge in [-0.15, -0.1) is 0 Å². The van der Waals surface area contributed by atoms with Gasteiger partial charge in [-0.25, -0.2) is 0 Å². The lowest BCUT2D eigenvalue weighted by atomic mass is 9.94. The van der Waals surface area contributed by atoms with Crippen LogP contribution in [0.15, 0.2) is 0 Å². The highest BCUT2D eigenvalue weighted by atomic mass is 16.3. The first-order chi connectivity index (χ1) is 8.26. The van der Waals surface area contributed by atoms with Gasteiger partial charge in [0.2, 0.25) is 0 Å². The molecule has 2 N–H and O–H groups in total. The van der Waals surface area contributed by atoms with Gasteiger partial charge in [-0.2, -0.15) is 10.4 Å².